The van der Waals surface area contributed by atoms with E-state index in [0.29, 0.717) is 44.4 Å². The molecule has 1 aliphatic carbocycles. The van der Waals surface area contributed by atoms with E-state index >= 15 is 0 Å². The molecular formula is C12H22BrNO3S. The predicted molar refractivity (Wildman–Crippen MR) is 75.4 cm³/mol. The second kappa shape index (κ2) is 6.68. The summed E-state index contributed by atoms with van der Waals surface area (Å²) >= 11 is 3.52. The average molecular weight is 340 g/mol. The van der Waals surface area contributed by atoms with Crippen LogP contribution in [0.3, 0.4) is 0 Å². The Morgan fingerprint density at radius 3 is 2.44 bits per heavy atom. The number of hydrogen-bond acceptors (Lipinski definition) is 3. The maximum atomic E-state index is 12.2. The smallest absolute Gasteiger partial charge is 0.214 e. The minimum absolute atomic E-state index is 0.255. The fourth-order valence-corrected chi connectivity index (χ4v) is 5.26. The average Bonchev–Trinajstić information content (AvgIpc) is 2.85. The Kier molecular flexibility index (Phi) is 5.47. The summed E-state index contributed by atoms with van der Waals surface area (Å²) in [7, 11) is -3.15. The lowest BCUT2D eigenvalue weighted by atomic mass is 9.99. The first kappa shape index (κ1) is 14.8. The first-order valence-corrected chi connectivity index (χ1v) is 9.42. The third kappa shape index (κ3) is 3.68. The molecule has 4 nitrogen and oxygen atoms in total. The van der Waals surface area contributed by atoms with Crippen LogP contribution < -0.4 is 4.72 Å². The molecule has 106 valence electrons. The number of sulfonamides is 1. The molecule has 2 unspecified atom stereocenters. The largest absolute Gasteiger partial charge is 0.381 e. The molecule has 0 spiro atoms. The summed E-state index contributed by atoms with van der Waals surface area (Å²) < 4.78 is 32.4. The van der Waals surface area contributed by atoms with Crippen molar-refractivity contribution in [3.8, 4) is 0 Å². The maximum Gasteiger partial charge on any atom is 0.214 e. The van der Waals surface area contributed by atoms with Crippen molar-refractivity contribution >= 4 is 26.0 Å². The Morgan fingerprint density at radius 2 is 1.78 bits per heavy atom. The Morgan fingerprint density at radius 1 is 1.11 bits per heavy atom. The van der Waals surface area contributed by atoms with Crippen molar-refractivity contribution < 1.29 is 13.2 Å². The van der Waals surface area contributed by atoms with Crippen molar-refractivity contribution in [1.82, 2.24) is 4.72 Å². The fourth-order valence-electron chi connectivity index (χ4n) is 2.91. The number of rotatable bonds is 5. The zero-order valence-electron chi connectivity index (χ0n) is 10.6. The zero-order chi connectivity index (χ0) is 13.0. The van der Waals surface area contributed by atoms with Crippen LogP contribution in [0.1, 0.15) is 32.1 Å². The Labute approximate surface area is 118 Å². The standard InChI is InChI=1S/C12H22BrNO3S/c13-8-10-2-1-3-11(10)9-14-18(15,16)12-4-6-17-7-5-12/h10-12,14H,1-9H2. The first-order chi connectivity index (χ1) is 8.63. The highest BCUT2D eigenvalue weighted by Crippen LogP contribution is 2.32. The van der Waals surface area contributed by atoms with Gasteiger partial charge >= 0.3 is 0 Å². The Balaban J connectivity index is 1.84. The van der Waals surface area contributed by atoms with Gasteiger partial charge in [0.25, 0.3) is 0 Å². The molecule has 2 atom stereocenters. The van der Waals surface area contributed by atoms with E-state index in [1.807, 2.05) is 0 Å². The lowest BCUT2D eigenvalue weighted by Crippen LogP contribution is -2.40. The van der Waals surface area contributed by atoms with Gasteiger partial charge in [0.05, 0.1) is 5.25 Å². The fraction of sp³-hybridized carbons (Fsp3) is 1.00. The maximum absolute atomic E-state index is 12.2. The summed E-state index contributed by atoms with van der Waals surface area (Å²) in [6.45, 7) is 1.74. The highest BCUT2D eigenvalue weighted by atomic mass is 79.9. The van der Waals surface area contributed by atoms with Gasteiger partial charge in [0.1, 0.15) is 0 Å². The highest BCUT2D eigenvalue weighted by Gasteiger charge is 2.31. The van der Waals surface area contributed by atoms with Gasteiger partial charge in [0.2, 0.25) is 10.0 Å². The van der Waals surface area contributed by atoms with E-state index in [9.17, 15) is 8.42 Å². The van der Waals surface area contributed by atoms with E-state index in [4.69, 9.17) is 4.74 Å². The van der Waals surface area contributed by atoms with Gasteiger partial charge in [-0.1, -0.05) is 22.4 Å². The molecule has 1 N–H and O–H groups in total. The molecule has 18 heavy (non-hydrogen) atoms. The second-order valence-electron chi connectivity index (χ2n) is 5.31. The first-order valence-electron chi connectivity index (χ1n) is 6.75. The molecule has 2 fully saturated rings. The summed E-state index contributed by atoms with van der Waals surface area (Å²) in [6, 6.07) is 0. The van der Waals surface area contributed by atoms with Crippen LogP contribution in [0.5, 0.6) is 0 Å². The third-order valence-electron chi connectivity index (χ3n) is 4.17. The third-order valence-corrected chi connectivity index (χ3v) is 6.92. The van der Waals surface area contributed by atoms with Gasteiger partial charge in [-0.3, -0.25) is 0 Å². The van der Waals surface area contributed by atoms with E-state index in [0.717, 1.165) is 11.8 Å². The number of nitrogens with one attached hydrogen (secondary N) is 1. The van der Waals surface area contributed by atoms with E-state index in [-0.39, 0.29) is 5.25 Å². The van der Waals surface area contributed by atoms with Gasteiger partial charge in [-0.05, 0) is 37.5 Å². The van der Waals surface area contributed by atoms with E-state index < -0.39 is 10.0 Å². The molecule has 0 aromatic heterocycles. The molecule has 6 heteroatoms. The summed E-state index contributed by atoms with van der Waals surface area (Å²) in [4.78, 5) is 0. The van der Waals surface area contributed by atoms with Gasteiger partial charge in [-0.15, -0.1) is 0 Å². The van der Waals surface area contributed by atoms with E-state index in [1.165, 1.54) is 12.8 Å². The summed E-state index contributed by atoms with van der Waals surface area (Å²) in [5.41, 5.74) is 0. The molecule has 1 saturated carbocycles. The molecule has 1 aliphatic heterocycles. The second-order valence-corrected chi connectivity index (χ2v) is 8.00. The molecule has 1 heterocycles. The number of halogens is 1. The van der Waals surface area contributed by atoms with E-state index in [2.05, 4.69) is 20.7 Å². The van der Waals surface area contributed by atoms with Gasteiger partial charge in [-0.25, -0.2) is 13.1 Å². The van der Waals surface area contributed by atoms with Crippen molar-refractivity contribution in [1.29, 1.82) is 0 Å². The van der Waals surface area contributed by atoms with Crippen molar-refractivity contribution in [2.75, 3.05) is 25.1 Å². The molecular weight excluding hydrogens is 318 g/mol. The number of alkyl halides is 1. The van der Waals surface area contributed by atoms with Crippen molar-refractivity contribution in [2.45, 2.75) is 37.4 Å². The topological polar surface area (TPSA) is 55.4 Å². The van der Waals surface area contributed by atoms with Crippen molar-refractivity contribution in [3.05, 3.63) is 0 Å². The lowest BCUT2D eigenvalue weighted by Gasteiger charge is -2.24. The zero-order valence-corrected chi connectivity index (χ0v) is 13.0. The van der Waals surface area contributed by atoms with Crippen LogP contribution >= 0.6 is 15.9 Å². The lowest BCUT2D eigenvalue weighted by molar-refractivity contribution is 0.0981. The molecule has 0 aromatic rings. The Bertz CT molecular complexity index is 354. The molecule has 2 aliphatic rings. The van der Waals surface area contributed by atoms with Crippen LogP contribution in [0, 0.1) is 11.8 Å². The van der Waals surface area contributed by atoms with Crippen LogP contribution in [0.4, 0.5) is 0 Å². The summed E-state index contributed by atoms with van der Waals surface area (Å²) in [5.74, 6) is 1.13. The van der Waals surface area contributed by atoms with Crippen LogP contribution in [-0.2, 0) is 14.8 Å². The SMILES string of the molecule is O=S(=O)(NCC1CCCC1CBr)C1CCOCC1. The van der Waals surface area contributed by atoms with Gasteiger partial charge in [0, 0.05) is 25.1 Å². The molecule has 0 amide bonds. The van der Waals surface area contributed by atoms with Crippen molar-refractivity contribution in [2.24, 2.45) is 11.8 Å². The number of ether oxygens (including phenoxy) is 1. The highest BCUT2D eigenvalue weighted by molar-refractivity contribution is 9.09. The van der Waals surface area contributed by atoms with Gasteiger partial charge in [0.15, 0.2) is 0 Å². The molecule has 0 radical (unpaired) electrons. The van der Waals surface area contributed by atoms with Crippen LogP contribution in [0.25, 0.3) is 0 Å². The molecule has 0 bridgehead atoms. The van der Waals surface area contributed by atoms with Gasteiger partial charge in [-0.2, -0.15) is 0 Å². The predicted octanol–water partition coefficient (Wildman–Crippen LogP) is 1.90. The molecule has 2 rings (SSSR count). The van der Waals surface area contributed by atoms with Crippen LogP contribution in [0.2, 0.25) is 0 Å². The minimum atomic E-state index is -3.15. The quantitative estimate of drug-likeness (QED) is 0.778. The van der Waals surface area contributed by atoms with Gasteiger partial charge < -0.3 is 4.74 Å². The van der Waals surface area contributed by atoms with Crippen LogP contribution in [-0.4, -0.2) is 38.8 Å². The molecule has 0 aromatic carbocycles. The molecule has 1 saturated heterocycles. The minimum Gasteiger partial charge on any atom is -0.381 e. The van der Waals surface area contributed by atoms with Crippen molar-refractivity contribution in [3.63, 3.8) is 0 Å². The normalized spacial score (nSPS) is 30.7. The van der Waals surface area contributed by atoms with Crippen LogP contribution in [0.15, 0.2) is 0 Å². The number of hydrogen-bond donors (Lipinski definition) is 1. The summed E-state index contributed by atoms with van der Waals surface area (Å²) in [6.07, 6.45) is 4.84. The van der Waals surface area contributed by atoms with E-state index in [1.54, 1.807) is 0 Å². The Hall–Kier alpha value is 0.350. The monoisotopic (exact) mass is 339 g/mol. The summed E-state index contributed by atoms with van der Waals surface area (Å²) in [5, 5.41) is 0.728.